The van der Waals surface area contributed by atoms with Crippen molar-refractivity contribution < 1.29 is 0 Å². The minimum absolute atomic E-state index is 0.806. The second-order valence-electron chi connectivity index (χ2n) is 2.76. The standard InChI is InChI=1S/C10H14BrN/c1-2-3-9-4-6-10(7-5-9)12-8-11/h4-7,12H,2-3,8H2,1H3. The van der Waals surface area contributed by atoms with Crippen LogP contribution in [0.4, 0.5) is 5.69 Å². The lowest BCUT2D eigenvalue weighted by Crippen LogP contribution is -1.93. The first-order valence-corrected chi connectivity index (χ1v) is 5.37. The Kier molecular flexibility index (Phi) is 4.15. The van der Waals surface area contributed by atoms with E-state index < -0.39 is 0 Å². The Balaban J connectivity index is 2.58. The van der Waals surface area contributed by atoms with Crippen LogP contribution in [0.15, 0.2) is 24.3 Å². The van der Waals surface area contributed by atoms with Crippen LogP contribution < -0.4 is 5.32 Å². The number of nitrogens with one attached hydrogen (secondary N) is 1. The maximum absolute atomic E-state index is 3.32. The first-order valence-electron chi connectivity index (χ1n) is 4.25. The highest BCUT2D eigenvalue weighted by molar-refractivity contribution is 9.09. The topological polar surface area (TPSA) is 12.0 Å². The predicted octanol–water partition coefficient (Wildman–Crippen LogP) is 3.40. The van der Waals surface area contributed by atoms with E-state index in [-0.39, 0.29) is 0 Å². The first-order chi connectivity index (χ1) is 5.86. The molecule has 1 nitrogen and oxygen atoms in total. The lowest BCUT2D eigenvalue weighted by molar-refractivity contribution is 0.922. The molecule has 1 rings (SSSR count). The van der Waals surface area contributed by atoms with Crippen LogP contribution in [0.2, 0.25) is 0 Å². The summed E-state index contributed by atoms with van der Waals surface area (Å²) in [6, 6.07) is 8.58. The monoisotopic (exact) mass is 227 g/mol. The second-order valence-corrected chi connectivity index (χ2v) is 3.32. The summed E-state index contributed by atoms with van der Waals surface area (Å²) in [5, 5.41) is 3.19. The van der Waals surface area contributed by atoms with Gasteiger partial charge in [-0.2, -0.15) is 0 Å². The summed E-state index contributed by atoms with van der Waals surface area (Å²) in [6.07, 6.45) is 2.39. The molecular weight excluding hydrogens is 214 g/mol. The Morgan fingerprint density at radius 2 is 1.92 bits per heavy atom. The SMILES string of the molecule is CCCc1ccc(NCBr)cc1. The summed E-state index contributed by atoms with van der Waals surface area (Å²) >= 11 is 3.32. The van der Waals surface area contributed by atoms with Crippen molar-refractivity contribution in [3.63, 3.8) is 0 Å². The van der Waals surface area contributed by atoms with Crippen molar-refractivity contribution in [2.45, 2.75) is 19.8 Å². The molecule has 0 bridgehead atoms. The average Bonchev–Trinajstić information content (AvgIpc) is 2.09. The number of aryl methyl sites for hydroxylation is 1. The van der Waals surface area contributed by atoms with Crippen molar-refractivity contribution in [3.05, 3.63) is 29.8 Å². The van der Waals surface area contributed by atoms with Gasteiger partial charge < -0.3 is 5.32 Å². The maximum Gasteiger partial charge on any atom is 0.0707 e. The van der Waals surface area contributed by atoms with E-state index in [9.17, 15) is 0 Å². The van der Waals surface area contributed by atoms with E-state index in [2.05, 4.69) is 52.4 Å². The van der Waals surface area contributed by atoms with E-state index in [1.54, 1.807) is 0 Å². The van der Waals surface area contributed by atoms with Crippen molar-refractivity contribution in [1.29, 1.82) is 0 Å². The van der Waals surface area contributed by atoms with Crippen LogP contribution in [0.3, 0.4) is 0 Å². The van der Waals surface area contributed by atoms with Gasteiger partial charge in [-0.15, -0.1) is 0 Å². The van der Waals surface area contributed by atoms with Gasteiger partial charge in [0.05, 0.1) is 5.45 Å². The third-order valence-electron chi connectivity index (χ3n) is 1.76. The minimum atomic E-state index is 0.806. The molecule has 12 heavy (non-hydrogen) atoms. The van der Waals surface area contributed by atoms with E-state index in [0.717, 1.165) is 5.45 Å². The second kappa shape index (κ2) is 5.20. The van der Waals surface area contributed by atoms with Crippen molar-refractivity contribution in [1.82, 2.24) is 0 Å². The fourth-order valence-electron chi connectivity index (χ4n) is 1.16. The number of benzene rings is 1. The van der Waals surface area contributed by atoms with Crippen LogP contribution in [0.1, 0.15) is 18.9 Å². The first kappa shape index (κ1) is 9.59. The molecule has 0 heterocycles. The van der Waals surface area contributed by atoms with Gasteiger partial charge in [-0.3, -0.25) is 0 Å². The Hall–Kier alpha value is -0.500. The van der Waals surface area contributed by atoms with Crippen molar-refractivity contribution in [2.75, 3.05) is 10.8 Å². The zero-order valence-corrected chi connectivity index (χ0v) is 8.89. The Morgan fingerprint density at radius 1 is 1.25 bits per heavy atom. The molecule has 66 valence electrons. The van der Waals surface area contributed by atoms with Gasteiger partial charge in [-0.25, -0.2) is 0 Å². The fourth-order valence-corrected chi connectivity index (χ4v) is 1.48. The normalized spacial score (nSPS) is 9.83. The highest BCUT2D eigenvalue weighted by Gasteiger charge is 1.91. The summed E-state index contributed by atoms with van der Waals surface area (Å²) in [5.41, 5.74) is 3.39. The molecule has 0 fully saturated rings. The fraction of sp³-hybridized carbons (Fsp3) is 0.400. The molecule has 0 spiro atoms. The highest BCUT2D eigenvalue weighted by atomic mass is 79.9. The van der Waals surface area contributed by atoms with Crippen LogP contribution in [-0.4, -0.2) is 5.45 Å². The number of halogens is 1. The Bertz CT molecular complexity index is 193. The zero-order chi connectivity index (χ0) is 8.81. The van der Waals surface area contributed by atoms with Gasteiger partial charge >= 0.3 is 0 Å². The zero-order valence-electron chi connectivity index (χ0n) is 7.31. The summed E-state index contributed by atoms with van der Waals surface area (Å²) in [6.45, 7) is 2.20. The summed E-state index contributed by atoms with van der Waals surface area (Å²) in [7, 11) is 0. The number of rotatable bonds is 4. The van der Waals surface area contributed by atoms with Crippen LogP contribution in [0, 0.1) is 0 Å². The van der Waals surface area contributed by atoms with Crippen LogP contribution in [0.25, 0.3) is 0 Å². The maximum atomic E-state index is 3.32. The summed E-state index contributed by atoms with van der Waals surface area (Å²) < 4.78 is 0. The molecule has 2 heteroatoms. The molecule has 0 unspecified atom stereocenters. The number of anilines is 1. The highest BCUT2D eigenvalue weighted by Crippen LogP contribution is 2.10. The molecule has 0 radical (unpaired) electrons. The molecule has 0 aliphatic heterocycles. The molecule has 0 amide bonds. The van der Waals surface area contributed by atoms with Gasteiger partial charge in [0.25, 0.3) is 0 Å². The van der Waals surface area contributed by atoms with Gasteiger partial charge in [0.1, 0.15) is 0 Å². The molecule has 1 aromatic rings. The largest absolute Gasteiger partial charge is 0.375 e. The van der Waals surface area contributed by atoms with Crippen LogP contribution in [-0.2, 0) is 6.42 Å². The van der Waals surface area contributed by atoms with E-state index >= 15 is 0 Å². The molecule has 0 aromatic heterocycles. The number of hydrogen-bond acceptors (Lipinski definition) is 1. The smallest absolute Gasteiger partial charge is 0.0707 e. The Morgan fingerprint density at radius 3 is 2.42 bits per heavy atom. The van der Waals surface area contributed by atoms with Gasteiger partial charge in [0.15, 0.2) is 0 Å². The quantitative estimate of drug-likeness (QED) is 0.615. The molecular formula is C10H14BrN. The molecule has 0 saturated carbocycles. The number of alkyl halides is 1. The van der Waals surface area contributed by atoms with Crippen LogP contribution in [0.5, 0.6) is 0 Å². The van der Waals surface area contributed by atoms with Gasteiger partial charge in [0, 0.05) is 5.69 Å². The summed E-state index contributed by atoms with van der Waals surface area (Å²) in [5.74, 6) is 0. The molecule has 0 saturated heterocycles. The minimum Gasteiger partial charge on any atom is -0.375 e. The summed E-state index contributed by atoms with van der Waals surface area (Å²) in [4.78, 5) is 0. The van der Waals surface area contributed by atoms with Crippen LogP contribution >= 0.6 is 15.9 Å². The number of hydrogen-bond donors (Lipinski definition) is 1. The lowest BCUT2D eigenvalue weighted by atomic mass is 10.1. The predicted molar refractivity (Wildman–Crippen MR) is 57.9 cm³/mol. The third-order valence-corrected chi connectivity index (χ3v) is 2.04. The van der Waals surface area contributed by atoms with Gasteiger partial charge in [-0.1, -0.05) is 41.4 Å². The molecule has 0 aliphatic rings. The van der Waals surface area contributed by atoms with E-state index in [1.807, 2.05) is 0 Å². The Labute approximate surface area is 82.3 Å². The van der Waals surface area contributed by atoms with Gasteiger partial charge in [-0.05, 0) is 24.1 Å². The lowest BCUT2D eigenvalue weighted by Gasteiger charge is -2.03. The van der Waals surface area contributed by atoms with Crippen molar-refractivity contribution in [3.8, 4) is 0 Å². The van der Waals surface area contributed by atoms with E-state index in [1.165, 1.54) is 24.1 Å². The third kappa shape index (κ3) is 2.86. The molecule has 1 N–H and O–H groups in total. The molecule has 0 atom stereocenters. The van der Waals surface area contributed by atoms with Crippen molar-refractivity contribution in [2.24, 2.45) is 0 Å². The average molecular weight is 228 g/mol. The van der Waals surface area contributed by atoms with E-state index in [0.29, 0.717) is 0 Å². The van der Waals surface area contributed by atoms with E-state index in [4.69, 9.17) is 0 Å². The molecule has 0 aliphatic carbocycles. The van der Waals surface area contributed by atoms with Gasteiger partial charge in [0.2, 0.25) is 0 Å². The van der Waals surface area contributed by atoms with Crippen molar-refractivity contribution >= 4 is 21.6 Å². The molecule has 1 aromatic carbocycles.